The molecule has 0 aliphatic rings. The van der Waals surface area contributed by atoms with Gasteiger partial charge in [0.25, 0.3) is 0 Å². The SMILES string of the molecule is CC[C@@H](NC(=O)Nc1ccc(Cl)cc1Cl)C(=O)O. The van der Waals surface area contributed by atoms with Crippen molar-refractivity contribution in [2.45, 2.75) is 19.4 Å². The second kappa shape index (κ2) is 6.47. The van der Waals surface area contributed by atoms with Gasteiger partial charge in [0, 0.05) is 5.02 Å². The van der Waals surface area contributed by atoms with Crippen LogP contribution in [0.3, 0.4) is 0 Å². The summed E-state index contributed by atoms with van der Waals surface area (Å²) >= 11 is 11.6. The first-order valence-corrected chi connectivity index (χ1v) is 5.95. The molecule has 0 saturated carbocycles. The molecule has 1 aromatic carbocycles. The molecule has 18 heavy (non-hydrogen) atoms. The van der Waals surface area contributed by atoms with Crippen molar-refractivity contribution in [2.24, 2.45) is 0 Å². The van der Waals surface area contributed by atoms with E-state index in [0.717, 1.165) is 0 Å². The van der Waals surface area contributed by atoms with Gasteiger partial charge in [-0.15, -0.1) is 0 Å². The van der Waals surface area contributed by atoms with Gasteiger partial charge in [0.2, 0.25) is 0 Å². The quantitative estimate of drug-likeness (QED) is 0.798. The number of carboxylic acids is 1. The van der Waals surface area contributed by atoms with Crippen molar-refractivity contribution in [1.29, 1.82) is 0 Å². The van der Waals surface area contributed by atoms with Gasteiger partial charge < -0.3 is 15.7 Å². The van der Waals surface area contributed by atoms with E-state index in [4.69, 9.17) is 28.3 Å². The second-order valence-corrected chi connectivity index (χ2v) is 4.37. The number of aliphatic carboxylic acids is 1. The smallest absolute Gasteiger partial charge is 0.326 e. The summed E-state index contributed by atoms with van der Waals surface area (Å²) in [5, 5.41) is 14.3. The number of hydrogen-bond acceptors (Lipinski definition) is 2. The number of carboxylic acid groups (broad SMARTS) is 1. The highest BCUT2D eigenvalue weighted by atomic mass is 35.5. The van der Waals surface area contributed by atoms with Gasteiger partial charge in [0.15, 0.2) is 0 Å². The number of halogens is 2. The minimum absolute atomic E-state index is 0.279. The summed E-state index contributed by atoms with van der Waals surface area (Å²) in [6.45, 7) is 1.66. The third-order valence-corrected chi connectivity index (χ3v) is 2.74. The van der Waals surface area contributed by atoms with Crippen molar-refractivity contribution in [2.75, 3.05) is 5.32 Å². The molecular weight excluding hydrogens is 279 g/mol. The van der Waals surface area contributed by atoms with Gasteiger partial charge in [-0.25, -0.2) is 9.59 Å². The highest BCUT2D eigenvalue weighted by Crippen LogP contribution is 2.25. The van der Waals surface area contributed by atoms with Gasteiger partial charge in [0.1, 0.15) is 6.04 Å². The topological polar surface area (TPSA) is 78.4 Å². The molecule has 0 unspecified atom stereocenters. The van der Waals surface area contributed by atoms with Crippen LogP contribution in [0.4, 0.5) is 10.5 Å². The molecule has 5 nitrogen and oxygen atoms in total. The Hall–Kier alpha value is -1.46. The van der Waals surface area contributed by atoms with Crippen LogP contribution in [0.2, 0.25) is 10.0 Å². The predicted octanol–water partition coefficient (Wildman–Crippen LogP) is 2.98. The van der Waals surface area contributed by atoms with E-state index in [-0.39, 0.29) is 11.4 Å². The lowest BCUT2D eigenvalue weighted by Crippen LogP contribution is -2.42. The Morgan fingerprint density at radius 3 is 2.56 bits per heavy atom. The van der Waals surface area contributed by atoms with E-state index in [0.29, 0.717) is 10.7 Å². The van der Waals surface area contributed by atoms with Gasteiger partial charge in [0.05, 0.1) is 10.7 Å². The number of carbonyl (C=O) groups excluding carboxylic acids is 1. The maximum absolute atomic E-state index is 11.5. The summed E-state index contributed by atoms with van der Waals surface area (Å²) < 4.78 is 0. The van der Waals surface area contributed by atoms with E-state index in [1.807, 2.05) is 0 Å². The van der Waals surface area contributed by atoms with Gasteiger partial charge in [-0.05, 0) is 24.6 Å². The molecule has 3 N–H and O–H groups in total. The Labute approximate surface area is 114 Å². The molecule has 1 aromatic rings. The molecule has 1 atom stereocenters. The van der Waals surface area contributed by atoms with Crippen molar-refractivity contribution in [1.82, 2.24) is 5.32 Å². The minimum Gasteiger partial charge on any atom is -0.480 e. The van der Waals surface area contributed by atoms with Crippen LogP contribution in [0, 0.1) is 0 Å². The number of amides is 2. The van der Waals surface area contributed by atoms with Crippen molar-refractivity contribution >= 4 is 40.9 Å². The standard InChI is InChI=1S/C11H12Cl2N2O3/c1-2-8(10(16)17)14-11(18)15-9-4-3-6(12)5-7(9)13/h3-5,8H,2H2,1H3,(H,16,17)(H2,14,15,18)/t8-/m1/s1. The fourth-order valence-electron chi connectivity index (χ4n) is 1.25. The zero-order chi connectivity index (χ0) is 13.7. The lowest BCUT2D eigenvalue weighted by Gasteiger charge is -2.13. The summed E-state index contributed by atoms with van der Waals surface area (Å²) in [6.07, 6.45) is 0.289. The highest BCUT2D eigenvalue weighted by Gasteiger charge is 2.17. The zero-order valence-corrected chi connectivity index (χ0v) is 11.0. The predicted molar refractivity (Wildman–Crippen MR) is 70.3 cm³/mol. The summed E-state index contributed by atoms with van der Waals surface area (Å²) in [7, 11) is 0. The molecular formula is C11H12Cl2N2O3. The normalized spacial score (nSPS) is 11.7. The van der Waals surface area contributed by atoms with Crippen LogP contribution < -0.4 is 10.6 Å². The molecule has 0 radical (unpaired) electrons. The molecule has 0 aliphatic heterocycles. The largest absolute Gasteiger partial charge is 0.480 e. The Kier molecular flexibility index (Phi) is 5.25. The fraction of sp³-hybridized carbons (Fsp3) is 0.273. The average molecular weight is 291 g/mol. The van der Waals surface area contributed by atoms with Crippen LogP contribution >= 0.6 is 23.2 Å². The lowest BCUT2D eigenvalue weighted by atomic mass is 10.2. The van der Waals surface area contributed by atoms with Crippen molar-refractivity contribution in [3.8, 4) is 0 Å². The number of hydrogen-bond donors (Lipinski definition) is 3. The number of nitrogens with one attached hydrogen (secondary N) is 2. The first-order chi connectivity index (χ1) is 8.43. The maximum atomic E-state index is 11.5. The first-order valence-electron chi connectivity index (χ1n) is 5.19. The van der Waals surface area contributed by atoms with Gasteiger partial charge in [-0.2, -0.15) is 0 Å². The second-order valence-electron chi connectivity index (χ2n) is 3.52. The number of anilines is 1. The number of urea groups is 1. The third kappa shape index (κ3) is 4.09. The molecule has 0 bridgehead atoms. The average Bonchev–Trinajstić information content (AvgIpc) is 2.29. The van der Waals surface area contributed by atoms with Crippen molar-refractivity contribution in [3.63, 3.8) is 0 Å². The van der Waals surface area contributed by atoms with E-state index >= 15 is 0 Å². The van der Waals surface area contributed by atoms with Crippen LogP contribution in [0.1, 0.15) is 13.3 Å². The zero-order valence-electron chi connectivity index (χ0n) is 9.54. The Bertz CT molecular complexity index is 466. The van der Waals surface area contributed by atoms with Crippen LogP contribution in [-0.2, 0) is 4.79 Å². The van der Waals surface area contributed by atoms with Crippen LogP contribution in [0.5, 0.6) is 0 Å². The number of benzene rings is 1. The van der Waals surface area contributed by atoms with Crippen molar-refractivity contribution < 1.29 is 14.7 Å². The Morgan fingerprint density at radius 1 is 1.39 bits per heavy atom. The first kappa shape index (κ1) is 14.6. The molecule has 0 spiro atoms. The van der Waals surface area contributed by atoms with Gasteiger partial charge >= 0.3 is 12.0 Å². The van der Waals surface area contributed by atoms with Crippen LogP contribution in [0.15, 0.2) is 18.2 Å². The van der Waals surface area contributed by atoms with Gasteiger partial charge in [-0.1, -0.05) is 30.1 Å². The Balaban J connectivity index is 2.67. The minimum atomic E-state index is -1.09. The summed E-state index contributed by atoms with van der Waals surface area (Å²) in [5.41, 5.74) is 0.360. The third-order valence-electron chi connectivity index (χ3n) is 2.19. The molecule has 0 aromatic heterocycles. The summed E-state index contributed by atoms with van der Waals surface area (Å²) in [5.74, 6) is -1.09. The van der Waals surface area contributed by atoms with E-state index in [9.17, 15) is 9.59 Å². The molecule has 0 saturated heterocycles. The molecule has 0 fully saturated rings. The van der Waals surface area contributed by atoms with E-state index in [1.54, 1.807) is 13.0 Å². The molecule has 7 heteroatoms. The number of carbonyl (C=O) groups is 2. The molecule has 0 aliphatic carbocycles. The maximum Gasteiger partial charge on any atom is 0.326 e. The molecule has 0 heterocycles. The summed E-state index contributed by atoms with van der Waals surface area (Å²) in [4.78, 5) is 22.3. The molecule has 2 amide bonds. The van der Waals surface area contributed by atoms with E-state index in [2.05, 4.69) is 10.6 Å². The Morgan fingerprint density at radius 2 is 2.06 bits per heavy atom. The fourth-order valence-corrected chi connectivity index (χ4v) is 1.70. The monoisotopic (exact) mass is 290 g/mol. The van der Waals surface area contributed by atoms with Crippen LogP contribution in [0.25, 0.3) is 0 Å². The molecule has 98 valence electrons. The number of rotatable bonds is 4. The van der Waals surface area contributed by atoms with Crippen molar-refractivity contribution in [3.05, 3.63) is 28.2 Å². The van der Waals surface area contributed by atoms with E-state index < -0.39 is 18.0 Å². The molecule has 1 rings (SSSR count). The lowest BCUT2D eigenvalue weighted by molar-refractivity contribution is -0.139. The van der Waals surface area contributed by atoms with Crippen LogP contribution in [-0.4, -0.2) is 23.1 Å². The van der Waals surface area contributed by atoms with E-state index in [1.165, 1.54) is 12.1 Å². The van der Waals surface area contributed by atoms with Gasteiger partial charge in [-0.3, -0.25) is 0 Å². The summed E-state index contributed by atoms with van der Waals surface area (Å²) in [6, 6.07) is 3.01. The highest BCUT2D eigenvalue weighted by molar-refractivity contribution is 6.36.